The average molecular weight is 429 g/mol. The van der Waals surface area contributed by atoms with Crippen molar-refractivity contribution in [3.05, 3.63) is 60.7 Å². The molecule has 0 aliphatic heterocycles. The van der Waals surface area contributed by atoms with E-state index in [4.69, 9.17) is 4.74 Å². The number of carbonyl (C=O) groups is 2. The quantitative estimate of drug-likeness (QED) is 0.264. The Labute approximate surface area is 184 Å². The van der Waals surface area contributed by atoms with Crippen molar-refractivity contribution in [3.8, 4) is 0 Å². The summed E-state index contributed by atoms with van der Waals surface area (Å²) in [5.41, 5.74) is 0. The summed E-state index contributed by atoms with van der Waals surface area (Å²) in [5, 5.41) is 2.79. The summed E-state index contributed by atoms with van der Waals surface area (Å²) >= 11 is 0. The first-order valence-electron chi connectivity index (χ1n) is 11.1. The zero-order valence-corrected chi connectivity index (χ0v) is 19.9. The normalized spacial score (nSPS) is 12.3. The standard InChI is InChI=1S/C14H26O3.C12H11P/c1-5-7-9-11(3)13(15)17-14(16)12(4)10-8-6-2;1-3-7-11(8-4-1)13-12-9-5-2-6-10-12/h11-12H,5-10H2,1-4H3;1-10,13H. The van der Waals surface area contributed by atoms with E-state index in [1.165, 1.54) is 10.6 Å². The predicted octanol–water partition coefficient (Wildman–Crippen LogP) is 6.02. The average Bonchev–Trinajstić information content (AvgIpc) is 2.77. The van der Waals surface area contributed by atoms with Crippen LogP contribution in [-0.4, -0.2) is 11.9 Å². The molecule has 0 bridgehead atoms. The van der Waals surface area contributed by atoms with Gasteiger partial charge in [-0.15, -0.1) is 0 Å². The van der Waals surface area contributed by atoms with Gasteiger partial charge in [0.15, 0.2) is 0 Å². The lowest BCUT2D eigenvalue weighted by atomic mass is 10.0. The Morgan fingerprint density at radius 2 is 1.10 bits per heavy atom. The molecule has 0 saturated carbocycles. The SMILES string of the molecule is CCCCC(C)C(=O)OC(=O)C(C)CCCC.c1ccc(Pc2ccccc2)cc1. The van der Waals surface area contributed by atoms with Crippen LogP contribution in [0.5, 0.6) is 0 Å². The third kappa shape index (κ3) is 11.3. The topological polar surface area (TPSA) is 43.4 Å². The molecule has 3 nitrogen and oxygen atoms in total. The van der Waals surface area contributed by atoms with Crippen LogP contribution in [0.3, 0.4) is 0 Å². The Bertz CT molecular complexity index is 654. The Morgan fingerprint density at radius 1 is 0.733 bits per heavy atom. The maximum absolute atomic E-state index is 11.6. The van der Waals surface area contributed by atoms with E-state index in [0.717, 1.165) is 47.1 Å². The fraction of sp³-hybridized carbons (Fsp3) is 0.462. The Morgan fingerprint density at radius 3 is 1.43 bits per heavy atom. The lowest BCUT2D eigenvalue weighted by Gasteiger charge is -2.12. The minimum atomic E-state index is -0.369. The highest BCUT2D eigenvalue weighted by Crippen LogP contribution is 2.14. The van der Waals surface area contributed by atoms with E-state index in [9.17, 15) is 9.59 Å². The van der Waals surface area contributed by atoms with Gasteiger partial charge in [-0.2, -0.15) is 0 Å². The molecule has 164 valence electrons. The van der Waals surface area contributed by atoms with Gasteiger partial charge in [0.1, 0.15) is 0 Å². The summed E-state index contributed by atoms with van der Waals surface area (Å²) in [6, 6.07) is 21.2. The van der Waals surface area contributed by atoms with E-state index in [-0.39, 0.29) is 23.8 Å². The second kappa shape index (κ2) is 15.8. The molecule has 2 atom stereocenters. The van der Waals surface area contributed by atoms with Crippen molar-refractivity contribution in [2.45, 2.75) is 66.2 Å². The van der Waals surface area contributed by atoms with Crippen LogP contribution in [0.1, 0.15) is 66.2 Å². The van der Waals surface area contributed by atoms with Gasteiger partial charge in [0.05, 0.1) is 11.8 Å². The van der Waals surface area contributed by atoms with Gasteiger partial charge < -0.3 is 4.74 Å². The summed E-state index contributed by atoms with van der Waals surface area (Å²) in [7, 11) is 0.777. The van der Waals surface area contributed by atoms with Crippen molar-refractivity contribution in [2.24, 2.45) is 11.8 Å². The summed E-state index contributed by atoms with van der Waals surface area (Å²) < 4.78 is 4.89. The van der Waals surface area contributed by atoms with Crippen LogP contribution in [0.15, 0.2) is 60.7 Å². The van der Waals surface area contributed by atoms with Crippen LogP contribution in [0, 0.1) is 11.8 Å². The summed E-state index contributed by atoms with van der Waals surface area (Å²) in [5.74, 6) is -1.08. The van der Waals surface area contributed by atoms with Crippen molar-refractivity contribution in [2.75, 3.05) is 0 Å². The zero-order valence-electron chi connectivity index (χ0n) is 18.9. The molecule has 2 rings (SSSR count). The van der Waals surface area contributed by atoms with Crippen molar-refractivity contribution in [3.63, 3.8) is 0 Å². The van der Waals surface area contributed by atoms with Gasteiger partial charge >= 0.3 is 11.9 Å². The maximum Gasteiger partial charge on any atom is 0.316 e. The van der Waals surface area contributed by atoms with Gasteiger partial charge in [-0.05, 0) is 23.5 Å². The minimum absolute atomic E-state index is 0.169. The van der Waals surface area contributed by atoms with Gasteiger partial charge in [-0.1, -0.05) is 123 Å². The number of unbranched alkanes of at least 4 members (excludes halogenated alkanes) is 2. The van der Waals surface area contributed by atoms with Crippen molar-refractivity contribution in [1.29, 1.82) is 0 Å². The molecule has 0 fully saturated rings. The predicted molar refractivity (Wildman–Crippen MR) is 129 cm³/mol. The van der Waals surface area contributed by atoms with Gasteiger partial charge in [0.2, 0.25) is 0 Å². The molecule has 0 radical (unpaired) electrons. The Kier molecular flexibility index (Phi) is 13.7. The molecule has 0 amide bonds. The van der Waals surface area contributed by atoms with E-state index in [1.54, 1.807) is 0 Å². The second-order valence-electron chi connectivity index (χ2n) is 7.68. The van der Waals surface area contributed by atoms with Crippen molar-refractivity contribution in [1.82, 2.24) is 0 Å². The molecule has 0 heterocycles. The van der Waals surface area contributed by atoms with Gasteiger partial charge in [-0.25, -0.2) is 0 Å². The smallest absolute Gasteiger partial charge is 0.316 e. The summed E-state index contributed by atoms with van der Waals surface area (Å²) in [6.07, 6.45) is 5.69. The third-order valence-electron chi connectivity index (χ3n) is 4.82. The van der Waals surface area contributed by atoms with Crippen molar-refractivity contribution < 1.29 is 14.3 Å². The lowest BCUT2D eigenvalue weighted by molar-refractivity contribution is -0.165. The molecule has 2 aromatic carbocycles. The second-order valence-corrected chi connectivity index (χ2v) is 9.09. The first-order chi connectivity index (χ1) is 14.5. The third-order valence-corrected chi connectivity index (χ3v) is 6.07. The van der Waals surface area contributed by atoms with Crippen LogP contribution in [0.4, 0.5) is 0 Å². The molecule has 0 N–H and O–H groups in total. The number of ether oxygens (including phenoxy) is 1. The molecule has 2 aromatic rings. The summed E-state index contributed by atoms with van der Waals surface area (Å²) in [6.45, 7) is 7.80. The molecule has 0 aliphatic rings. The zero-order chi connectivity index (χ0) is 22.2. The summed E-state index contributed by atoms with van der Waals surface area (Å²) in [4.78, 5) is 23.2. The minimum Gasteiger partial charge on any atom is -0.393 e. The van der Waals surface area contributed by atoms with Crippen LogP contribution >= 0.6 is 8.58 Å². The molecular weight excluding hydrogens is 391 g/mol. The number of hydrogen-bond donors (Lipinski definition) is 0. The molecule has 0 saturated heterocycles. The van der Waals surface area contributed by atoms with Gasteiger partial charge in [0.25, 0.3) is 0 Å². The molecule has 0 aromatic heterocycles. The largest absolute Gasteiger partial charge is 0.393 e. The van der Waals surface area contributed by atoms with E-state index < -0.39 is 0 Å². The van der Waals surface area contributed by atoms with Gasteiger partial charge in [-0.3, -0.25) is 9.59 Å². The number of rotatable bonds is 10. The maximum atomic E-state index is 11.6. The molecule has 4 heteroatoms. The lowest BCUT2D eigenvalue weighted by Crippen LogP contribution is -2.23. The van der Waals surface area contributed by atoms with E-state index in [2.05, 4.69) is 74.5 Å². The molecule has 2 unspecified atom stereocenters. The van der Waals surface area contributed by atoms with Crippen molar-refractivity contribution >= 4 is 31.1 Å². The number of benzene rings is 2. The highest BCUT2D eigenvalue weighted by atomic mass is 31.1. The van der Waals surface area contributed by atoms with Crippen LogP contribution in [-0.2, 0) is 14.3 Å². The van der Waals surface area contributed by atoms with Crippen LogP contribution in [0.2, 0.25) is 0 Å². The number of esters is 2. The Balaban J connectivity index is 0.000000308. The number of hydrogen-bond acceptors (Lipinski definition) is 3. The molecule has 0 aliphatic carbocycles. The van der Waals surface area contributed by atoms with Gasteiger partial charge in [0, 0.05) is 0 Å². The number of carbonyl (C=O) groups excluding carboxylic acids is 2. The first-order valence-corrected chi connectivity index (χ1v) is 12.1. The fourth-order valence-corrected chi connectivity index (χ4v) is 3.82. The highest BCUT2D eigenvalue weighted by Gasteiger charge is 2.21. The first kappa shape index (κ1) is 26.0. The molecule has 0 spiro atoms. The monoisotopic (exact) mass is 428 g/mol. The molecular formula is C26H37O3P. The van der Waals surface area contributed by atoms with E-state index in [1.807, 2.05) is 13.8 Å². The van der Waals surface area contributed by atoms with E-state index in [0.29, 0.717) is 0 Å². The van der Waals surface area contributed by atoms with E-state index >= 15 is 0 Å². The fourth-order valence-electron chi connectivity index (χ4n) is 2.77. The van der Waals surface area contributed by atoms with Crippen LogP contribution < -0.4 is 10.6 Å². The molecule has 30 heavy (non-hydrogen) atoms. The highest BCUT2D eigenvalue weighted by molar-refractivity contribution is 7.55. The Hall–Kier alpha value is -1.99. The van der Waals surface area contributed by atoms with Crippen LogP contribution in [0.25, 0.3) is 0 Å².